The number of piperazine rings is 1. The third-order valence-corrected chi connectivity index (χ3v) is 7.80. The SMILES string of the molecule is O=C(Nc1ccc(F)c(NC(=O)c2cc3ccc(CN4CCNCC4)cc3s2)c1)c1ccc2c(c1)OCCO2. The van der Waals surface area contributed by atoms with Crippen LogP contribution in [-0.4, -0.2) is 56.1 Å². The number of rotatable bonds is 6. The van der Waals surface area contributed by atoms with Gasteiger partial charge in [0.25, 0.3) is 11.8 Å². The molecule has 8 nitrogen and oxygen atoms in total. The van der Waals surface area contributed by atoms with Crippen LogP contribution in [0.1, 0.15) is 25.6 Å². The first kappa shape index (κ1) is 25.3. The smallest absolute Gasteiger partial charge is 0.265 e. The Hall–Kier alpha value is -3.99. The Morgan fingerprint density at radius 3 is 2.56 bits per heavy atom. The molecule has 2 aliphatic heterocycles. The Kier molecular flexibility index (Phi) is 7.14. The maximum Gasteiger partial charge on any atom is 0.265 e. The Labute approximate surface area is 228 Å². The number of nitrogens with one attached hydrogen (secondary N) is 3. The third kappa shape index (κ3) is 5.73. The van der Waals surface area contributed by atoms with Gasteiger partial charge in [0.15, 0.2) is 11.5 Å². The lowest BCUT2D eigenvalue weighted by Crippen LogP contribution is -2.42. The molecule has 0 unspecified atom stereocenters. The normalized spacial score (nSPS) is 15.2. The number of ether oxygens (including phenoxy) is 2. The molecule has 3 heterocycles. The van der Waals surface area contributed by atoms with Gasteiger partial charge in [-0.3, -0.25) is 14.5 Å². The number of amides is 2. The second-order valence-corrected chi connectivity index (χ2v) is 10.6. The Bertz CT molecular complexity index is 1550. The number of fused-ring (bicyclic) bond motifs is 2. The molecule has 3 N–H and O–H groups in total. The van der Waals surface area contributed by atoms with Crippen molar-refractivity contribution >= 4 is 44.6 Å². The zero-order valence-corrected chi connectivity index (χ0v) is 21.9. The number of carbonyl (C=O) groups is 2. The molecule has 2 amide bonds. The number of benzene rings is 3. The largest absolute Gasteiger partial charge is 0.486 e. The lowest BCUT2D eigenvalue weighted by atomic mass is 10.1. The zero-order valence-electron chi connectivity index (χ0n) is 21.1. The van der Waals surface area contributed by atoms with Crippen molar-refractivity contribution in [1.29, 1.82) is 0 Å². The van der Waals surface area contributed by atoms with Crippen molar-refractivity contribution in [3.8, 4) is 11.5 Å². The summed E-state index contributed by atoms with van der Waals surface area (Å²) in [5, 5.41) is 9.73. The van der Waals surface area contributed by atoms with Crippen molar-refractivity contribution in [2.45, 2.75) is 6.54 Å². The van der Waals surface area contributed by atoms with Crippen LogP contribution < -0.4 is 25.4 Å². The molecule has 3 aromatic carbocycles. The van der Waals surface area contributed by atoms with Crippen molar-refractivity contribution in [3.05, 3.63) is 82.5 Å². The summed E-state index contributed by atoms with van der Waals surface area (Å²) < 4.78 is 26.7. The molecule has 1 aromatic heterocycles. The number of anilines is 2. The summed E-state index contributed by atoms with van der Waals surface area (Å²) in [5.74, 6) is -0.312. The molecule has 0 atom stereocenters. The van der Waals surface area contributed by atoms with Crippen LogP contribution in [0.2, 0.25) is 0 Å². The van der Waals surface area contributed by atoms with Gasteiger partial charge in [0.2, 0.25) is 0 Å². The molecule has 39 heavy (non-hydrogen) atoms. The van der Waals surface area contributed by atoms with Crippen molar-refractivity contribution in [1.82, 2.24) is 10.2 Å². The van der Waals surface area contributed by atoms with Gasteiger partial charge in [-0.25, -0.2) is 4.39 Å². The molecule has 0 spiro atoms. The molecule has 1 saturated heterocycles. The maximum atomic E-state index is 14.6. The molecular weight excluding hydrogens is 519 g/mol. The van der Waals surface area contributed by atoms with Crippen LogP contribution in [-0.2, 0) is 6.54 Å². The van der Waals surface area contributed by atoms with E-state index in [1.165, 1.54) is 35.1 Å². The van der Waals surface area contributed by atoms with Gasteiger partial charge in [0.05, 0.1) is 10.6 Å². The Morgan fingerprint density at radius 2 is 1.72 bits per heavy atom. The Morgan fingerprint density at radius 1 is 0.897 bits per heavy atom. The van der Waals surface area contributed by atoms with Crippen molar-refractivity contribution in [2.75, 3.05) is 50.0 Å². The molecule has 6 rings (SSSR count). The van der Waals surface area contributed by atoms with Crippen molar-refractivity contribution in [2.24, 2.45) is 0 Å². The molecule has 0 saturated carbocycles. The van der Waals surface area contributed by atoms with Crippen LogP contribution in [0.25, 0.3) is 10.1 Å². The monoisotopic (exact) mass is 546 g/mol. The highest BCUT2D eigenvalue weighted by Crippen LogP contribution is 2.32. The van der Waals surface area contributed by atoms with Crippen LogP contribution in [0, 0.1) is 5.82 Å². The fourth-order valence-corrected chi connectivity index (χ4v) is 5.71. The predicted molar refractivity (Wildman–Crippen MR) is 150 cm³/mol. The first-order valence-electron chi connectivity index (χ1n) is 12.8. The van der Waals surface area contributed by atoms with Crippen LogP contribution in [0.15, 0.2) is 60.7 Å². The summed E-state index contributed by atoms with van der Waals surface area (Å²) in [5.41, 5.74) is 1.90. The summed E-state index contributed by atoms with van der Waals surface area (Å²) in [6.45, 7) is 5.75. The van der Waals surface area contributed by atoms with Crippen molar-refractivity contribution < 1.29 is 23.5 Å². The summed E-state index contributed by atoms with van der Waals surface area (Å²) in [6.07, 6.45) is 0. The molecule has 200 valence electrons. The highest BCUT2D eigenvalue weighted by molar-refractivity contribution is 7.20. The number of hydrogen-bond acceptors (Lipinski definition) is 7. The quantitative estimate of drug-likeness (QED) is 0.324. The zero-order chi connectivity index (χ0) is 26.8. The van der Waals surface area contributed by atoms with Gasteiger partial charge in [0, 0.05) is 48.7 Å². The summed E-state index contributed by atoms with van der Waals surface area (Å²) in [6, 6.07) is 17.0. The fourth-order valence-electron chi connectivity index (χ4n) is 4.68. The van der Waals surface area contributed by atoms with E-state index < -0.39 is 17.6 Å². The third-order valence-electron chi connectivity index (χ3n) is 6.70. The molecule has 0 aliphatic carbocycles. The lowest BCUT2D eigenvalue weighted by molar-refractivity contribution is 0.102. The second-order valence-electron chi connectivity index (χ2n) is 9.47. The molecule has 10 heteroatoms. The summed E-state index contributed by atoms with van der Waals surface area (Å²) in [4.78, 5) is 28.7. The first-order chi connectivity index (χ1) is 19.0. The van der Waals surface area contributed by atoms with E-state index in [9.17, 15) is 14.0 Å². The highest BCUT2D eigenvalue weighted by Gasteiger charge is 2.18. The van der Waals surface area contributed by atoms with Gasteiger partial charge < -0.3 is 25.4 Å². The van der Waals surface area contributed by atoms with Crippen LogP contribution in [0.5, 0.6) is 11.5 Å². The predicted octanol–water partition coefficient (Wildman–Crippen LogP) is 4.72. The molecule has 4 aromatic rings. The standard InChI is InChI=1S/C29H27FN4O4S/c30-22-5-4-21(32-28(35)20-3-6-24-25(14-20)38-12-11-37-24)16-23(22)33-29(36)27-15-19-2-1-18(13-26(19)39-27)17-34-9-7-31-8-10-34/h1-6,13-16,31H,7-12,17H2,(H,32,35)(H,33,36). The van der Waals surface area contributed by atoms with Crippen molar-refractivity contribution in [3.63, 3.8) is 0 Å². The Balaban J connectivity index is 1.14. The van der Waals surface area contributed by atoms with E-state index in [-0.39, 0.29) is 5.69 Å². The summed E-state index contributed by atoms with van der Waals surface area (Å²) in [7, 11) is 0. The van der Waals surface area contributed by atoms with Crippen LogP contribution in [0.4, 0.5) is 15.8 Å². The fraction of sp³-hybridized carbons (Fsp3) is 0.241. The molecule has 0 bridgehead atoms. The minimum absolute atomic E-state index is 0.0168. The van der Waals surface area contributed by atoms with E-state index in [0.29, 0.717) is 40.8 Å². The van der Waals surface area contributed by atoms with Gasteiger partial charge in [-0.2, -0.15) is 0 Å². The maximum absolute atomic E-state index is 14.6. The van der Waals surface area contributed by atoms with E-state index in [4.69, 9.17) is 9.47 Å². The highest BCUT2D eigenvalue weighted by atomic mass is 32.1. The summed E-state index contributed by atoms with van der Waals surface area (Å²) >= 11 is 1.37. The van der Waals surface area contributed by atoms with E-state index in [1.54, 1.807) is 18.2 Å². The van der Waals surface area contributed by atoms with Gasteiger partial charge in [-0.1, -0.05) is 12.1 Å². The molecular formula is C29H27FN4O4S. The number of hydrogen-bond donors (Lipinski definition) is 3. The van der Waals surface area contributed by atoms with Gasteiger partial charge in [-0.15, -0.1) is 11.3 Å². The molecule has 0 radical (unpaired) electrons. The number of carbonyl (C=O) groups excluding carboxylic acids is 2. The average molecular weight is 547 g/mol. The lowest BCUT2D eigenvalue weighted by Gasteiger charge is -2.27. The number of thiophene rings is 1. The minimum Gasteiger partial charge on any atom is -0.486 e. The first-order valence-corrected chi connectivity index (χ1v) is 13.6. The topological polar surface area (TPSA) is 91.9 Å². The van der Waals surface area contributed by atoms with E-state index in [1.807, 2.05) is 12.1 Å². The van der Waals surface area contributed by atoms with Gasteiger partial charge in [-0.05, 0) is 59.5 Å². The molecule has 1 fully saturated rings. The second kappa shape index (κ2) is 11.0. The van der Waals surface area contributed by atoms with Crippen LogP contribution >= 0.6 is 11.3 Å². The molecule has 2 aliphatic rings. The van der Waals surface area contributed by atoms with Gasteiger partial charge in [0.1, 0.15) is 19.0 Å². The average Bonchev–Trinajstić information content (AvgIpc) is 3.39. The van der Waals surface area contributed by atoms with E-state index in [2.05, 4.69) is 33.0 Å². The van der Waals surface area contributed by atoms with E-state index in [0.717, 1.165) is 42.8 Å². The number of nitrogens with zero attached hydrogens (tertiary/aromatic N) is 1. The minimum atomic E-state index is -0.597. The van der Waals surface area contributed by atoms with Gasteiger partial charge >= 0.3 is 0 Å². The van der Waals surface area contributed by atoms with Crippen LogP contribution in [0.3, 0.4) is 0 Å². The number of halogens is 1. The van der Waals surface area contributed by atoms with E-state index >= 15 is 0 Å².